The van der Waals surface area contributed by atoms with Gasteiger partial charge < -0.3 is 4.98 Å². The van der Waals surface area contributed by atoms with Crippen LogP contribution < -0.4 is 11.0 Å². The molecule has 2 aromatic rings. The highest BCUT2D eigenvalue weighted by atomic mass is 16.2. The molecule has 0 radical (unpaired) electrons. The van der Waals surface area contributed by atoms with Crippen LogP contribution in [-0.4, -0.2) is 27.7 Å². The van der Waals surface area contributed by atoms with E-state index in [0.717, 1.165) is 0 Å². The van der Waals surface area contributed by atoms with E-state index >= 15 is 0 Å². The van der Waals surface area contributed by atoms with Gasteiger partial charge in [-0.25, -0.2) is 4.79 Å². The molecule has 1 aliphatic rings. The highest BCUT2D eigenvalue weighted by molar-refractivity contribution is 6.00. The lowest BCUT2D eigenvalue weighted by atomic mass is 10.1. The number of aromatic nitrogens is 2. The van der Waals surface area contributed by atoms with Crippen LogP contribution in [-0.2, 0) is 9.59 Å². The fraction of sp³-hybridized carbons (Fsp3) is 0.231. The third-order valence-corrected chi connectivity index (χ3v) is 3.43. The van der Waals surface area contributed by atoms with Crippen molar-refractivity contribution in [3.8, 4) is 0 Å². The van der Waals surface area contributed by atoms with Gasteiger partial charge in [-0.1, -0.05) is 6.07 Å². The number of fused-ring (bicyclic) bond motifs is 1. The van der Waals surface area contributed by atoms with E-state index in [0.29, 0.717) is 22.9 Å². The molecule has 0 aliphatic carbocycles. The molecule has 7 nitrogen and oxygen atoms in total. The minimum Gasteiger partial charge on any atom is -0.305 e. The van der Waals surface area contributed by atoms with Crippen molar-refractivity contribution in [2.45, 2.75) is 18.9 Å². The lowest BCUT2D eigenvalue weighted by Gasteiger charge is -2.21. The Morgan fingerprint density at radius 3 is 2.75 bits per heavy atom. The zero-order valence-electron chi connectivity index (χ0n) is 10.4. The van der Waals surface area contributed by atoms with Gasteiger partial charge in [0.05, 0.1) is 11.0 Å². The average Bonchev–Trinajstić information content (AvgIpc) is 2.75. The Bertz CT molecular complexity index is 787. The second-order valence-electron chi connectivity index (χ2n) is 4.63. The summed E-state index contributed by atoms with van der Waals surface area (Å²) in [7, 11) is 0. The minimum atomic E-state index is -0.740. The SMILES string of the molecule is O=Cc1cccc2c1[nH]c(=O)n2C1CCC(=O)NC1=O. The molecule has 0 bridgehead atoms. The third-order valence-electron chi connectivity index (χ3n) is 3.43. The van der Waals surface area contributed by atoms with E-state index in [2.05, 4.69) is 10.3 Å². The Hall–Kier alpha value is -2.70. The molecule has 1 aromatic heterocycles. The van der Waals surface area contributed by atoms with Crippen LogP contribution in [0.3, 0.4) is 0 Å². The summed E-state index contributed by atoms with van der Waals surface area (Å²) < 4.78 is 1.30. The van der Waals surface area contributed by atoms with Crippen molar-refractivity contribution in [2.24, 2.45) is 0 Å². The van der Waals surface area contributed by atoms with Crippen molar-refractivity contribution >= 4 is 29.1 Å². The molecule has 1 aromatic carbocycles. The number of imide groups is 1. The number of nitrogens with one attached hydrogen (secondary N) is 2. The summed E-state index contributed by atoms with van der Waals surface area (Å²) in [5.74, 6) is -0.839. The monoisotopic (exact) mass is 273 g/mol. The lowest BCUT2D eigenvalue weighted by Crippen LogP contribution is -2.43. The molecule has 1 unspecified atom stereocenters. The summed E-state index contributed by atoms with van der Waals surface area (Å²) in [6, 6.07) is 4.14. The standard InChI is InChI=1S/C13H11N3O4/c17-6-7-2-1-3-8-11(7)15-13(20)16(8)9-4-5-10(18)14-12(9)19/h1-3,6,9H,4-5H2,(H,15,20)(H,14,18,19). The number of rotatable bonds is 2. The molecule has 7 heteroatoms. The number of hydrogen-bond acceptors (Lipinski definition) is 4. The van der Waals surface area contributed by atoms with Crippen molar-refractivity contribution in [1.82, 2.24) is 14.9 Å². The van der Waals surface area contributed by atoms with Gasteiger partial charge in [0.2, 0.25) is 11.8 Å². The van der Waals surface area contributed by atoms with Crippen molar-refractivity contribution in [1.29, 1.82) is 0 Å². The van der Waals surface area contributed by atoms with Crippen molar-refractivity contribution in [3.63, 3.8) is 0 Å². The van der Waals surface area contributed by atoms with Crippen LogP contribution in [0.15, 0.2) is 23.0 Å². The number of benzene rings is 1. The largest absolute Gasteiger partial charge is 0.327 e. The van der Waals surface area contributed by atoms with E-state index in [1.54, 1.807) is 18.2 Å². The summed E-state index contributed by atoms with van der Waals surface area (Å²) in [5, 5.41) is 2.22. The average molecular weight is 273 g/mol. The first kappa shape index (κ1) is 12.3. The number of nitrogens with zero attached hydrogens (tertiary/aromatic N) is 1. The van der Waals surface area contributed by atoms with E-state index in [1.807, 2.05) is 0 Å². The number of hydrogen-bond donors (Lipinski definition) is 2. The van der Waals surface area contributed by atoms with Crippen LogP contribution in [0, 0.1) is 0 Å². The fourth-order valence-corrected chi connectivity index (χ4v) is 2.51. The van der Waals surface area contributed by atoms with Gasteiger partial charge in [-0.2, -0.15) is 0 Å². The normalized spacial score (nSPS) is 19.1. The fourth-order valence-electron chi connectivity index (χ4n) is 2.51. The number of H-pyrrole nitrogens is 1. The molecule has 1 aliphatic heterocycles. The molecular weight excluding hydrogens is 262 g/mol. The third kappa shape index (κ3) is 1.75. The van der Waals surface area contributed by atoms with Gasteiger partial charge in [-0.05, 0) is 18.6 Å². The molecule has 3 rings (SSSR count). The van der Waals surface area contributed by atoms with Gasteiger partial charge in [0.25, 0.3) is 0 Å². The van der Waals surface area contributed by atoms with E-state index in [-0.39, 0.29) is 18.7 Å². The Balaban J connectivity index is 2.19. The molecule has 0 spiro atoms. The van der Waals surface area contributed by atoms with E-state index in [4.69, 9.17) is 0 Å². The number of piperidine rings is 1. The van der Waals surface area contributed by atoms with Gasteiger partial charge in [0.15, 0.2) is 6.29 Å². The van der Waals surface area contributed by atoms with Crippen LogP contribution in [0.4, 0.5) is 0 Å². The Morgan fingerprint density at radius 2 is 2.05 bits per heavy atom. The van der Waals surface area contributed by atoms with Gasteiger partial charge in [-0.3, -0.25) is 24.3 Å². The molecule has 20 heavy (non-hydrogen) atoms. The molecule has 2 N–H and O–H groups in total. The summed E-state index contributed by atoms with van der Waals surface area (Å²) in [6.07, 6.45) is 1.10. The molecule has 1 atom stereocenters. The zero-order chi connectivity index (χ0) is 14.3. The van der Waals surface area contributed by atoms with Gasteiger partial charge >= 0.3 is 5.69 Å². The molecule has 2 amide bonds. The highest BCUT2D eigenvalue weighted by Crippen LogP contribution is 2.22. The maximum absolute atomic E-state index is 12.1. The number of aldehydes is 1. The van der Waals surface area contributed by atoms with Crippen LogP contribution >= 0.6 is 0 Å². The Kier molecular flexibility index (Phi) is 2.74. The number of para-hydroxylation sites is 1. The maximum Gasteiger partial charge on any atom is 0.327 e. The van der Waals surface area contributed by atoms with Crippen molar-refractivity contribution < 1.29 is 14.4 Å². The molecule has 1 saturated heterocycles. The number of amides is 2. The van der Waals surface area contributed by atoms with Crippen LogP contribution in [0.2, 0.25) is 0 Å². The molecular formula is C13H11N3O4. The number of aromatic amines is 1. The molecule has 0 saturated carbocycles. The lowest BCUT2D eigenvalue weighted by molar-refractivity contribution is -0.135. The number of imidazole rings is 1. The Morgan fingerprint density at radius 1 is 1.25 bits per heavy atom. The Labute approximate surface area is 112 Å². The van der Waals surface area contributed by atoms with Crippen LogP contribution in [0.5, 0.6) is 0 Å². The predicted molar refractivity (Wildman–Crippen MR) is 69.4 cm³/mol. The summed E-state index contributed by atoms with van der Waals surface area (Å²) in [6.45, 7) is 0. The second kappa shape index (κ2) is 4.44. The van der Waals surface area contributed by atoms with Crippen LogP contribution in [0.25, 0.3) is 11.0 Å². The van der Waals surface area contributed by atoms with E-state index in [1.165, 1.54) is 4.57 Å². The first-order chi connectivity index (χ1) is 9.61. The summed E-state index contributed by atoms with van der Waals surface area (Å²) >= 11 is 0. The minimum absolute atomic E-state index is 0.183. The van der Waals surface area contributed by atoms with Gasteiger partial charge in [0, 0.05) is 12.0 Å². The van der Waals surface area contributed by atoms with Gasteiger partial charge in [-0.15, -0.1) is 0 Å². The smallest absolute Gasteiger partial charge is 0.305 e. The molecule has 102 valence electrons. The number of carbonyl (C=O) groups excluding carboxylic acids is 3. The summed E-state index contributed by atoms with van der Waals surface area (Å²) in [4.78, 5) is 48.7. The zero-order valence-corrected chi connectivity index (χ0v) is 10.4. The quantitative estimate of drug-likeness (QED) is 0.599. The first-order valence-corrected chi connectivity index (χ1v) is 6.14. The predicted octanol–water partition coefficient (Wildman–Crippen LogP) is 0.120. The summed E-state index contributed by atoms with van der Waals surface area (Å²) in [5.41, 5.74) is 0.765. The molecule has 2 heterocycles. The van der Waals surface area contributed by atoms with E-state index in [9.17, 15) is 19.2 Å². The number of carbonyl (C=O) groups is 3. The van der Waals surface area contributed by atoms with E-state index < -0.39 is 17.6 Å². The van der Waals surface area contributed by atoms with Crippen LogP contribution in [0.1, 0.15) is 29.2 Å². The van der Waals surface area contributed by atoms with Crippen molar-refractivity contribution in [2.75, 3.05) is 0 Å². The topological polar surface area (TPSA) is 101 Å². The van der Waals surface area contributed by atoms with Gasteiger partial charge in [0.1, 0.15) is 6.04 Å². The first-order valence-electron chi connectivity index (χ1n) is 6.14. The molecule has 1 fully saturated rings. The second-order valence-corrected chi connectivity index (χ2v) is 4.63. The van der Waals surface area contributed by atoms with Crippen molar-refractivity contribution in [3.05, 3.63) is 34.2 Å². The maximum atomic E-state index is 12.1. The highest BCUT2D eigenvalue weighted by Gasteiger charge is 2.30.